The number of fused-ring (bicyclic) bond motifs is 1. The molecule has 1 aliphatic rings. The monoisotopic (exact) mass is 371 g/mol. The lowest BCUT2D eigenvalue weighted by Gasteiger charge is -2.31. The zero-order valence-electron chi connectivity index (χ0n) is 15.9. The summed E-state index contributed by atoms with van der Waals surface area (Å²) in [6.07, 6.45) is 1.12. The van der Waals surface area contributed by atoms with Gasteiger partial charge in [0.2, 0.25) is 0 Å². The lowest BCUT2D eigenvalue weighted by molar-refractivity contribution is 0.0959. The highest BCUT2D eigenvalue weighted by molar-refractivity contribution is 5.92. The summed E-state index contributed by atoms with van der Waals surface area (Å²) < 4.78 is 5.00. The summed E-state index contributed by atoms with van der Waals surface area (Å²) in [6.45, 7) is 7.15. The predicted octanol–water partition coefficient (Wildman–Crippen LogP) is 2.99. The lowest BCUT2D eigenvalue weighted by atomic mass is 10.1. The fourth-order valence-electron chi connectivity index (χ4n) is 3.08. The van der Waals surface area contributed by atoms with Gasteiger partial charge in [-0.1, -0.05) is 0 Å². The maximum absolute atomic E-state index is 12.3. The van der Waals surface area contributed by atoms with Crippen LogP contribution in [0, 0.1) is 13.8 Å². The molecule has 1 aliphatic heterocycles. The Morgan fingerprint density at radius 2 is 1.81 bits per heavy atom. The average molecular weight is 371 g/mol. The number of rotatable bonds is 3. The van der Waals surface area contributed by atoms with Crippen LogP contribution in [0.4, 0.5) is 15.3 Å². The van der Waals surface area contributed by atoms with Gasteiger partial charge in [-0.3, -0.25) is 0 Å². The molecule has 0 bridgehead atoms. The van der Waals surface area contributed by atoms with Crippen LogP contribution in [0.2, 0.25) is 0 Å². The van der Waals surface area contributed by atoms with Gasteiger partial charge in [0.1, 0.15) is 0 Å². The zero-order chi connectivity index (χ0) is 19.4. The Balaban J connectivity index is 1.55. The maximum atomic E-state index is 12.3. The molecule has 8 nitrogen and oxygen atoms in total. The molecule has 3 rings (SSSR count). The summed E-state index contributed by atoms with van der Waals surface area (Å²) in [6, 6.07) is 5.25. The molecule has 0 unspecified atom stereocenters. The van der Waals surface area contributed by atoms with Crippen molar-refractivity contribution >= 4 is 28.8 Å². The first-order valence-corrected chi connectivity index (χ1v) is 9.20. The molecule has 0 atom stereocenters. The first-order chi connectivity index (χ1) is 13.0. The third-order valence-electron chi connectivity index (χ3n) is 4.69. The van der Waals surface area contributed by atoms with Gasteiger partial charge in [-0.05, 0) is 51.8 Å². The molecule has 8 heteroatoms. The minimum absolute atomic E-state index is 0.0285. The minimum Gasteiger partial charge on any atom is -0.450 e. The van der Waals surface area contributed by atoms with E-state index < -0.39 is 0 Å². The maximum Gasteiger partial charge on any atom is 0.409 e. The Morgan fingerprint density at radius 1 is 1.15 bits per heavy atom. The van der Waals surface area contributed by atoms with Gasteiger partial charge in [-0.15, -0.1) is 0 Å². The van der Waals surface area contributed by atoms with Crippen molar-refractivity contribution in [3.8, 4) is 0 Å². The van der Waals surface area contributed by atoms with Gasteiger partial charge in [0, 0.05) is 24.8 Å². The first-order valence-electron chi connectivity index (χ1n) is 9.20. The number of piperidine rings is 1. The van der Waals surface area contributed by atoms with Crippen LogP contribution in [0.15, 0.2) is 18.2 Å². The van der Waals surface area contributed by atoms with Crippen LogP contribution in [0.5, 0.6) is 0 Å². The summed E-state index contributed by atoms with van der Waals surface area (Å²) >= 11 is 0. The van der Waals surface area contributed by atoms with E-state index in [9.17, 15) is 9.59 Å². The van der Waals surface area contributed by atoms with E-state index in [1.807, 2.05) is 32.0 Å². The Morgan fingerprint density at radius 3 is 2.48 bits per heavy atom. The number of hydrogen-bond donors (Lipinski definition) is 2. The van der Waals surface area contributed by atoms with E-state index in [4.69, 9.17) is 4.74 Å². The predicted molar refractivity (Wildman–Crippen MR) is 103 cm³/mol. The molecule has 0 spiro atoms. The van der Waals surface area contributed by atoms with Crippen molar-refractivity contribution in [3.63, 3.8) is 0 Å². The number of amides is 3. The molecule has 1 aromatic heterocycles. The average Bonchev–Trinajstić information content (AvgIpc) is 2.63. The minimum atomic E-state index is -0.289. The Hall–Kier alpha value is -2.90. The van der Waals surface area contributed by atoms with E-state index in [-0.39, 0.29) is 18.2 Å². The topological polar surface area (TPSA) is 96.5 Å². The van der Waals surface area contributed by atoms with Gasteiger partial charge >= 0.3 is 12.1 Å². The molecule has 1 aromatic carbocycles. The number of nitrogens with one attached hydrogen (secondary N) is 2. The third kappa shape index (κ3) is 4.64. The van der Waals surface area contributed by atoms with Crippen molar-refractivity contribution in [2.75, 3.05) is 25.0 Å². The lowest BCUT2D eigenvalue weighted by Crippen LogP contribution is -2.47. The molecular weight excluding hydrogens is 346 g/mol. The van der Waals surface area contributed by atoms with Gasteiger partial charge in [0.05, 0.1) is 29.0 Å². The first kappa shape index (κ1) is 18.9. The number of anilines is 1. The summed E-state index contributed by atoms with van der Waals surface area (Å²) in [5.41, 5.74) is 3.99. The molecule has 0 radical (unpaired) electrons. The number of carbonyl (C=O) groups excluding carboxylic acids is 2. The SMILES string of the molecule is CCOC(=O)N1CCC(NC(=O)Nc2ccc3nc(C)c(C)nc3c2)CC1. The molecule has 2 N–H and O–H groups in total. The second-order valence-corrected chi connectivity index (χ2v) is 6.66. The van der Waals surface area contributed by atoms with Gasteiger partial charge in [-0.25, -0.2) is 19.6 Å². The van der Waals surface area contributed by atoms with Gasteiger partial charge in [-0.2, -0.15) is 0 Å². The van der Waals surface area contributed by atoms with E-state index in [1.165, 1.54) is 0 Å². The Bertz CT molecular complexity index is 847. The van der Waals surface area contributed by atoms with Gasteiger partial charge < -0.3 is 20.3 Å². The normalized spacial score (nSPS) is 14.9. The summed E-state index contributed by atoms with van der Waals surface area (Å²) in [5.74, 6) is 0. The number of nitrogens with zero attached hydrogens (tertiary/aromatic N) is 3. The molecule has 27 heavy (non-hydrogen) atoms. The van der Waals surface area contributed by atoms with Crippen LogP contribution in [0.1, 0.15) is 31.2 Å². The summed E-state index contributed by atoms with van der Waals surface area (Å²) in [4.78, 5) is 34.7. The van der Waals surface area contributed by atoms with E-state index in [0.29, 0.717) is 38.2 Å². The van der Waals surface area contributed by atoms with Crippen LogP contribution < -0.4 is 10.6 Å². The molecule has 144 valence electrons. The fourth-order valence-corrected chi connectivity index (χ4v) is 3.08. The van der Waals surface area contributed by atoms with Crippen molar-refractivity contribution in [3.05, 3.63) is 29.6 Å². The molecule has 1 saturated heterocycles. The molecule has 0 saturated carbocycles. The number of urea groups is 1. The second-order valence-electron chi connectivity index (χ2n) is 6.66. The van der Waals surface area contributed by atoms with Crippen molar-refractivity contribution in [1.29, 1.82) is 0 Å². The number of likely N-dealkylation sites (tertiary alicyclic amines) is 1. The number of carbonyl (C=O) groups is 2. The number of aryl methyl sites for hydroxylation is 2. The molecular formula is C19H25N5O3. The highest BCUT2D eigenvalue weighted by Gasteiger charge is 2.24. The molecule has 0 aliphatic carbocycles. The van der Waals surface area contributed by atoms with E-state index in [0.717, 1.165) is 22.4 Å². The van der Waals surface area contributed by atoms with Crippen molar-refractivity contribution in [2.24, 2.45) is 0 Å². The Kier molecular flexibility index (Phi) is 5.73. The van der Waals surface area contributed by atoms with Crippen LogP contribution in [0.3, 0.4) is 0 Å². The number of aromatic nitrogens is 2. The third-order valence-corrected chi connectivity index (χ3v) is 4.69. The van der Waals surface area contributed by atoms with Crippen LogP contribution >= 0.6 is 0 Å². The molecule has 1 fully saturated rings. The van der Waals surface area contributed by atoms with E-state index in [1.54, 1.807) is 11.8 Å². The van der Waals surface area contributed by atoms with Crippen LogP contribution in [-0.2, 0) is 4.74 Å². The van der Waals surface area contributed by atoms with E-state index in [2.05, 4.69) is 20.6 Å². The molecule has 2 heterocycles. The second kappa shape index (κ2) is 8.20. The van der Waals surface area contributed by atoms with Crippen molar-refractivity contribution < 1.29 is 14.3 Å². The van der Waals surface area contributed by atoms with Crippen molar-refractivity contribution in [1.82, 2.24) is 20.2 Å². The number of benzene rings is 1. The number of hydrogen-bond acceptors (Lipinski definition) is 5. The standard InChI is InChI=1S/C19H25N5O3/c1-4-27-19(26)24-9-7-14(8-10-24)22-18(25)23-15-5-6-16-17(11-15)21-13(3)12(2)20-16/h5-6,11,14H,4,7-10H2,1-3H3,(H2,22,23,25). The zero-order valence-corrected chi connectivity index (χ0v) is 15.9. The largest absolute Gasteiger partial charge is 0.450 e. The van der Waals surface area contributed by atoms with Crippen LogP contribution in [-0.4, -0.2) is 52.7 Å². The highest BCUT2D eigenvalue weighted by atomic mass is 16.6. The summed E-state index contributed by atoms with van der Waals surface area (Å²) in [5, 5.41) is 5.81. The van der Waals surface area contributed by atoms with E-state index >= 15 is 0 Å². The van der Waals surface area contributed by atoms with Crippen molar-refractivity contribution in [2.45, 2.75) is 39.7 Å². The summed E-state index contributed by atoms with van der Waals surface area (Å²) in [7, 11) is 0. The quantitative estimate of drug-likeness (QED) is 0.865. The smallest absolute Gasteiger partial charge is 0.409 e. The van der Waals surface area contributed by atoms with Crippen LogP contribution in [0.25, 0.3) is 11.0 Å². The van der Waals surface area contributed by atoms with Gasteiger partial charge in [0.15, 0.2) is 0 Å². The van der Waals surface area contributed by atoms with Gasteiger partial charge in [0.25, 0.3) is 0 Å². The fraction of sp³-hybridized carbons (Fsp3) is 0.474. The molecule has 3 amide bonds. The highest BCUT2D eigenvalue weighted by Crippen LogP contribution is 2.18. The number of ether oxygens (including phenoxy) is 1. The molecule has 2 aromatic rings. The Labute approximate surface area is 158 Å².